The SMILES string of the molecule is c1ccc2c(c1)sc1c2c2ccccc2c2c3ccccc3n(-c3ncncn3)c12. The highest BCUT2D eigenvalue weighted by molar-refractivity contribution is 7.27. The maximum absolute atomic E-state index is 4.51. The van der Waals surface area contributed by atoms with E-state index in [1.165, 1.54) is 41.7 Å². The van der Waals surface area contributed by atoms with Crippen molar-refractivity contribution in [2.24, 2.45) is 0 Å². The van der Waals surface area contributed by atoms with Gasteiger partial charge in [0.25, 0.3) is 0 Å². The Balaban J connectivity index is 1.89. The molecule has 0 aliphatic rings. The molecule has 5 heteroatoms. The van der Waals surface area contributed by atoms with Gasteiger partial charge in [0.1, 0.15) is 12.7 Å². The van der Waals surface area contributed by atoms with Crippen LogP contribution >= 0.6 is 11.3 Å². The second kappa shape index (κ2) is 5.84. The van der Waals surface area contributed by atoms with Crippen molar-refractivity contribution in [2.45, 2.75) is 0 Å². The van der Waals surface area contributed by atoms with Gasteiger partial charge in [-0.2, -0.15) is 0 Å². The number of para-hydroxylation sites is 1. The minimum atomic E-state index is 0.644. The first-order chi connectivity index (χ1) is 14.9. The van der Waals surface area contributed by atoms with E-state index in [4.69, 9.17) is 0 Å². The van der Waals surface area contributed by atoms with Gasteiger partial charge < -0.3 is 0 Å². The van der Waals surface area contributed by atoms with Gasteiger partial charge >= 0.3 is 0 Å². The van der Waals surface area contributed by atoms with Crippen molar-refractivity contribution in [3.8, 4) is 5.95 Å². The third-order valence-corrected chi connectivity index (χ3v) is 7.01. The fourth-order valence-corrected chi connectivity index (χ4v) is 5.94. The fourth-order valence-electron chi connectivity index (χ4n) is 4.68. The average Bonchev–Trinajstić information content (AvgIpc) is 3.36. The molecule has 7 aromatic rings. The summed E-state index contributed by atoms with van der Waals surface area (Å²) in [6.07, 6.45) is 3.12. The van der Waals surface area contributed by atoms with Crippen molar-refractivity contribution >= 4 is 64.1 Å². The molecule has 0 aliphatic heterocycles. The zero-order valence-corrected chi connectivity index (χ0v) is 16.6. The number of hydrogen-bond donors (Lipinski definition) is 0. The molecule has 0 bridgehead atoms. The van der Waals surface area contributed by atoms with Crippen molar-refractivity contribution in [1.82, 2.24) is 19.5 Å². The lowest BCUT2D eigenvalue weighted by Crippen LogP contribution is -2.00. The van der Waals surface area contributed by atoms with Crippen LogP contribution in [0, 0.1) is 0 Å². The molecule has 0 N–H and O–H groups in total. The molecule has 0 unspecified atom stereocenters. The largest absolute Gasteiger partial charge is 0.276 e. The summed E-state index contributed by atoms with van der Waals surface area (Å²) in [5.74, 6) is 0.644. The van der Waals surface area contributed by atoms with Gasteiger partial charge in [-0.25, -0.2) is 15.0 Å². The lowest BCUT2D eigenvalue weighted by Gasteiger charge is -2.08. The number of nitrogens with zero attached hydrogens (tertiary/aromatic N) is 4. The monoisotopic (exact) mass is 402 g/mol. The molecule has 0 saturated carbocycles. The predicted molar refractivity (Wildman–Crippen MR) is 125 cm³/mol. The predicted octanol–water partition coefficient (Wildman–Crippen LogP) is 6.49. The highest BCUT2D eigenvalue weighted by atomic mass is 32.1. The zero-order chi connectivity index (χ0) is 19.7. The second-order valence-electron chi connectivity index (χ2n) is 7.36. The summed E-state index contributed by atoms with van der Waals surface area (Å²) >= 11 is 1.84. The van der Waals surface area contributed by atoms with Crippen molar-refractivity contribution in [2.75, 3.05) is 0 Å². The molecule has 0 aliphatic carbocycles. The number of rotatable bonds is 1. The van der Waals surface area contributed by atoms with E-state index in [-0.39, 0.29) is 0 Å². The number of fused-ring (bicyclic) bond motifs is 10. The van der Waals surface area contributed by atoms with Crippen LogP contribution in [0.2, 0.25) is 0 Å². The molecule has 0 saturated heterocycles. The molecule has 0 spiro atoms. The van der Waals surface area contributed by atoms with Gasteiger partial charge in [-0.15, -0.1) is 11.3 Å². The molecule has 140 valence electrons. The standard InChI is InChI=1S/C25H14N4S/c1-2-8-16-15(7-1)21-17-9-3-5-11-19(17)29(25-27-13-26-14-28-25)23(21)24-22(16)18-10-4-6-12-20(18)30-24/h1-14H. The first-order valence-electron chi connectivity index (χ1n) is 9.79. The quantitative estimate of drug-likeness (QED) is 0.315. The van der Waals surface area contributed by atoms with Crippen LogP contribution in [-0.4, -0.2) is 19.5 Å². The summed E-state index contributed by atoms with van der Waals surface area (Å²) < 4.78 is 4.75. The van der Waals surface area contributed by atoms with E-state index in [9.17, 15) is 0 Å². The Morgan fingerprint density at radius 3 is 2.07 bits per heavy atom. The average molecular weight is 402 g/mol. The van der Waals surface area contributed by atoms with E-state index < -0.39 is 0 Å². The highest BCUT2D eigenvalue weighted by Crippen LogP contribution is 2.47. The van der Waals surface area contributed by atoms with Crippen LogP contribution in [0.1, 0.15) is 0 Å². The lowest BCUT2D eigenvalue weighted by molar-refractivity contribution is 0.941. The van der Waals surface area contributed by atoms with E-state index in [1.54, 1.807) is 12.7 Å². The van der Waals surface area contributed by atoms with Gasteiger partial charge in [0.15, 0.2) is 0 Å². The number of aromatic nitrogens is 4. The minimum Gasteiger partial charge on any atom is -0.276 e. The Morgan fingerprint density at radius 1 is 0.633 bits per heavy atom. The van der Waals surface area contributed by atoms with Gasteiger partial charge in [-0.1, -0.05) is 60.7 Å². The number of thiophene rings is 1. The normalized spacial score (nSPS) is 12.0. The van der Waals surface area contributed by atoms with Crippen molar-refractivity contribution < 1.29 is 0 Å². The van der Waals surface area contributed by atoms with E-state index in [2.05, 4.69) is 92.3 Å². The maximum atomic E-state index is 4.51. The molecular formula is C25H14N4S. The van der Waals surface area contributed by atoms with E-state index >= 15 is 0 Å². The maximum Gasteiger partial charge on any atom is 0.237 e. The van der Waals surface area contributed by atoms with Crippen molar-refractivity contribution in [3.05, 3.63) is 85.5 Å². The highest BCUT2D eigenvalue weighted by Gasteiger charge is 2.21. The Bertz CT molecular complexity index is 1750. The van der Waals surface area contributed by atoms with Crippen LogP contribution in [0.4, 0.5) is 0 Å². The van der Waals surface area contributed by atoms with Crippen molar-refractivity contribution in [1.29, 1.82) is 0 Å². The van der Waals surface area contributed by atoms with E-state index in [0.29, 0.717) is 5.95 Å². The molecular weight excluding hydrogens is 388 g/mol. The molecule has 7 rings (SSSR count). The summed E-state index contributed by atoms with van der Waals surface area (Å²) in [4.78, 5) is 13.0. The first-order valence-corrected chi connectivity index (χ1v) is 10.6. The summed E-state index contributed by atoms with van der Waals surface area (Å²) in [5.41, 5.74) is 2.27. The fraction of sp³-hybridized carbons (Fsp3) is 0. The molecule has 4 nitrogen and oxygen atoms in total. The van der Waals surface area contributed by atoms with Gasteiger partial charge in [0.2, 0.25) is 5.95 Å². The smallest absolute Gasteiger partial charge is 0.237 e. The number of benzene rings is 4. The molecule has 0 fully saturated rings. The summed E-state index contributed by atoms with van der Waals surface area (Å²) in [6, 6.07) is 25.9. The van der Waals surface area contributed by atoms with Crippen LogP contribution in [0.15, 0.2) is 85.5 Å². The molecule has 30 heavy (non-hydrogen) atoms. The van der Waals surface area contributed by atoms with Crippen LogP contribution in [0.3, 0.4) is 0 Å². The summed E-state index contributed by atoms with van der Waals surface area (Å²) in [7, 11) is 0. The van der Waals surface area contributed by atoms with Crippen LogP contribution in [0.5, 0.6) is 0 Å². The van der Waals surface area contributed by atoms with Crippen LogP contribution in [0.25, 0.3) is 58.7 Å². The Labute approximate surface area is 175 Å². The van der Waals surface area contributed by atoms with Crippen LogP contribution in [-0.2, 0) is 0 Å². The number of hydrogen-bond acceptors (Lipinski definition) is 4. The third-order valence-electron chi connectivity index (χ3n) is 5.83. The molecule has 0 atom stereocenters. The zero-order valence-electron chi connectivity index (χ0n) is 15.8. The summed E-state index contributed by atoms with van der Waals surface area (Å²) in [6.45, 7) is 0. The van der Waals surface area contributed by atoms with E-state index in [1.807, 2.05) is 11.3 Å². The van der Waals surface area contributed by atoms with E-state index in [0.717, 1.165) is 11.0 Å². The Hall–Kier alpha value is -3.83. The molecule has 0 amide bonds. The lowest BCUT2D eigenvalue weighted by atomic mass is 9.99. The van der Waals surface area contributed by atoms with Crippen LogP contribution < -0.4 is 0 Å². The minimum absolute atomic E-state index is 0.644. The third kappa shape index (κ3) is 1.97. The topological polar surface area (TPSA) is 43.6 Å². The Kier molecular flexibility index (Phi) is 3.12. The second-order valence-corrected chi connectivity index (χ2v) is 8.41. The van der Waals surface area contributed by atoms with Gasteiger partial charge in [-0.05, 0) is 22.9 Å². The summed E-state index contributed by atoms with van der Waals surface area (Å²) in [5, 5.41) is 7.60. The van der Waals surface area contributed by atoms with Gasteiger partial charge in [0, 0.05) is 26.2 Å². The molecule has 0 radical (unpaired) electrons. The Morgan fingerprint density at radius 2 is 1.27 bits per heavy atom. The molecule has 3 heterocycles. The molecule has 4 aromatic carbocycles. The molecule has 3 aromatic heterocycles. The van der Waals surface area contributed by atoms with Gasteiger partial charge in [-0.3, -0.25) is 4.57 Å². The first kappa shape index (κ1) is 16.0. The van der Waals surface area contributed by atoms with Gasteiger partial charge in [0.05, 0.1) is 15.7 Å². The van der Waals surface area contributed by atoms with Crippen molar-refractivity contribution in [3.63, 3.8) is 0 Å².